The van der Waals surface area contributed by atoms with Crippen molar-refractivity contribution in [3.8, 4) is 0 Å². The number of aryl methyl sites for hydroxylation is 6. The summed E-state index contributed by atoms with van der Waals surface area (Å²) in [4.78, 5) is 51.7. The van der Waals surface area contributed by atoms with Crippen LogP contribution in [0.15, 0.2) is 195 Å². The number of para-hydroxylation sites is 3. The van der Waals surface area contributed by atoms with Gasteiger partial charge in [-0.3, -0.25) is 19.5 Å². The highest BCUT2D eigenvalue weighted by Gasteiger charge is 2.08. The van der Waals surface area contributed by atoms with Gasteiger partial charge in [-0.05, 0) is 124 Å². The molecule has 8 aromatic heterocycles. The molecule has 492 valence electrons. The molecule has 0 spiro atoms. The van der Waals surface area contributed by atoms with E-state index in [1.54, 1.807) is 27.2 Å². The third-order valence-corrected chi connectivity index (χ3v) is 15.3. The summed E-state index contributed by atoms with van der Waals surface area (Å²) in [5.41, 5.74) is 9.10. The molecule has 0 atom stereocenters. The lowest BCUT2D eigenvalue weighted by Gasteiger charge is -2.01. The van der Waals surface area contributed by atoms with Gasteiger partial charge in [-0.25, -0.2) is 15.0 Å². The van der Waals surface area contributed by atoms with Crippen molar-refractivity contribution in [2.45, 2.75) is 131 Å². The molecule has 14 aromatic rings. The summed E-state index contributed by atoms with van der Waals surface area (Å²) in [6.45, 7) is 37.0. The van der Waals surface area contributed by atoms with Crippen molar-refractivity contribution in [2.24, 2.45) is 21.1 Å². The third kappa shape index (κ3) is 22.2. The quantitative estimate of drug-likeness (QED) is 0.150. The minimum atomic E-state index is -0.0799. The summed E-state index contributed by atoms with van der Waals surface area (Å²) in [7, 11) is 7.23. The summed E-state index contributed by atoms with van der Waals surface area (Å²) in [6.07, 6.45) is 10.8. The Morgan fingerprint density at radius 2 is 1.01 bits per heavy atom. The molecular weight excluding hydrogens is 1180 g/mol. The van der Waals surface area contributed by atoms with Gasteiger partial charge in [0, 0.05) is 63.8 Å². The predicted molar refractivity (Wildman–Crippen MR) is 403 cm³/mol. The number of fused-ring (bicyclic) bond motifs is 10. The lowest BCUT2D eigenvalue weighted by molar-refractivity contribution is 0.418. The van der Waals surface area contributed by atoms with E-state index in [-0.39, 0.29) is 16.7 Å². The maximum atomic E-state index is 11.5. The van der Waals surface area contributed by atoms with E-state index in [4.69, 9.17) is 4.42 Å². The van der Waals surface area contributed by atoms with E-state index >= 15 is 0 Å². The fourth-order valence-corrected chi connectivity index (χ4v) is 10.8. The number of benzene rings is 6. The van der Waals surface area contributed by atoms with Crippen molar-refractivity contribution in [3.63, 3.8) is 0 Å². The normalized spacial score (nSPS) is 10.6. The lowest BCUT2D eigenvalue weighted by atomic mass is 10.1. The van der Waals surface area contributed by atoms with Gasteiger partial charge in [-0.15, -0.1) is 22.7 Å². The maximum absolute atomic E-state index is 11.5. The van der Waals surface area contributed by atoms with E-state index < -0.39 is 0 Å². The first-order valence-electron chi connectivity index (χ1n) is 32.4. The second kappa shape index (κ2) is 43.8. The minimum absolute atomic E-state index is 0.000556. The zero-order valence-corrected chi connectivity index (χ0v) is 60.2. The summed E-state index contributed by atoms with van der Waals surface area (Å²) in [5.74, 6) is 0. The molecule has 0 amide bonds. The van der Waals surface area contributed by atoms with E-state index in [9.17, 15) is 14.4 Å². The second-order valence-electron chi connectivity index (χ2n) is 18.9. The molecular formula is C76H102N10O4S2. The van der Waals surface area contributed by atoms with Crippen LogP contribution in [0.3, 0.4) is 0 Å². The van der Waals surface area contributed by atoms with Gasteiger partial charge in [0.15, 0.2) is 5.65 Å². The fourth-order valence-electron chi connectivity index (χ4n) is 8.83. The Hall–Kier alpha value is -8.83. The Labute approximate surface area is 553 Å². The summed E-state index contributed by atoms with van der Waals surface area (Å²) in [6, 6.07) is 47.2. The highest BCUT2D eigenvalue weighted by Crippen LogP contribution is 2.35. The molecule has 1 saturated heterocycles. The Kier molecular flexibility index (Phi) is 37.7. The number of likely N-dealkylation sites (tertiary alicyclic amines) is 1. The van der Waals surface area contributed by atoms with Gasteiger partial charge >= 0.3 is 0 Å². The Bertz CT molecular complexity index is 4300. The number of aromatic nitrogens is 9. The van der Waals surface area contributed by atoms with E-state index in [2.05, 4.69) is 154 Å². The molecule has 0 unspecified atom stereocenters. The van der Waals surface area contributed by atoms with Crippen LogP contribution in [0.4, 0.5) is 0 Å². The van der Waals surface area contributed by atoms with E-state index in [0.717, 1.165) is 26.9 Å². The number of H-pyrrole nitrogens is 2. The van der Waals surface area contributed by atoms with Gasteiger partial charge in [0.1, 0.15) is 21.3 Å². The molecule has 9 heterocycles. The van der Waals surface area contributed by atoms with Crippen molar-refractivity contribution >= 4 is 108 Å². The Balaban J connectivity index is 0.000000357. The van der Waals surface area contributed by atoms with Crippen LogP contribution in [0.5, 0.6) is 0 Å². The number of rotatable bonds is 0. The number of hydrogen-bond acceptors (Lipinski definition) is 11. The zero-order valence-electron chi connectivity index (χ0n) is 58.6. The molecule has 6 aromatic carbocycles. The lowest BCUT2D eigenvalue weighted by Crippen LogP contribution is -2.16. The van der Waals surface area contributed by atoms with Crippen molar-refractivity contribution in [3.05, 3.63) is 224 Å². The average Bonchev–Trinajstić information content (AvgIpc) is 2.06. The number of nitrogens with one attached hydrogen (secondary N) is 2. The molecule has 1 aliphatic rings. The van der Waals surface area contributed by atoms with Gasteiger partial charge in [-0.1, -0.05) is 193 Å². The maximum Gasteiger partial charge on any atom is 0.271 e. The van der Waals surface area contributed by atoms with Crippen molar-refractivity contribution in [1.82, 2.24) is 48.7 Å². The van der Waals surface area contributed by atoms with Crippen LogP contribution in [-0.4, -0.2) is 68.9 Å². The monoisotopic (exact) mass is 1280 g/mol. The first-order valence-corrected chi connectivity index (χ1v) is 34.1. The number of aromatic amines is 2. The molecule has 0 bridgehead atoms. The van der Waals surface area contributed by atoms with Crippen LogP contribution < -0.4 is 16.7 Å². The van der Waals surface area contributed by atoms with Gasteiger partial charge in [-0.2, -0.15) is 5.10 Å². The van der Waals surface area contributed by atoms with Crippen molar-refractivity contribution in [2.75, 3.05) is 20.1 Å². The topological polar surface area (TPSA) is 166 Å². The van der Waals surface area contributed by atoms with Crippen molar-refractivity contribution in [1.29, 1.82) is 0 Å². The fraction of sp³-hybridized carbons (Fsp3) is 0.329. The molecule has 14 nitrogen and oxygen atoms in total. The molecule has 0 radical (unpaired) electrons. The average molecular weight is 1280 g/mol. The van der Waals surface area contributed by atoms with Gasteiger partial charge < -0.3 is 28.0 Å². The number of thiophene rings is 2. The summed E-state index contributed by atoms with van der Waals surface area (Å²) >= 11 is 3.32. The second-order valence-corrected chi connectivity index (χ2v) is 20.9. The molecule has 0 aliphatic carbocycles. The highest BCUT2D eigenvalue weighted by atomic mass is 32.1. The molecule has 1 aliphatic heterocycles. The zero-order chi connectivity index (χ0) is 68.7. The van der Waals surface area contributed by atoms with Crippen LogP contribution in [-0.2, 0) is 21.1 Å². The number of furan rings is 1. The van der Waals surface area contributed by atoms with E-state index in [1.807, 2.05) is 162 Å². The molecule has 15 rings (SSSR count). The van der Waals surface area contributed by atoms with Gasteiger partial charge in [0.2, 0.25) is 0 Å². The first kappa shape index (κ1) is 79.3. The largest absolute Gasteiger partial charge is 0.456 e. The third-order valence-electron chi connectivity index (χ3n) is 13.1. The predicted octanol–water partition coefficient (Wildman–Crippen LogP) is 20.2. The highest BCUT2D eigenvalue weighted by molar-refractivity contribution is 7.26. The standard InChI is InChI=1S/C13H10O.C13H10S.C9H8N2O.C9H9N.C7H6N2OS.C6H6N4O.C5H11N.7C2H6/c2*1-9-5-4-7-11-10-6-2-3-8-12(10)14-13(9)11;1-11-6-10-8-5-3-2-4-7(8)9(11)12;1-7-2-3-9-8(6-7)4-5-10-9;1-9-4-8-5-2-3-11-6(5)7(9)10;1-10-3-7-5-4(6(10)11)2-8-9-5;1-6-4-2-3-5-6;7*1-2/h2*2-8H,1H3;2-6H,1H3;2-6,10H,1H3;2-4H,1H3;2-3H,1H3,(H,8,9);2-5H2,1H3;7*1-2H3. The molecule has 2 N–H and O–H groups in total. The van der Waals surface area contributed by atoms with E-state index in [0.29, 0.717) is 16.4 Å². The number of nitrogens with zero attached hydrogens (tertiary/aromatic N) is 8. The molecule has 1 fully saturated rings. The Morgan fingerprint density at radius 1 is 0.478 bits per heavy atom. The Morgan fingerprint density at radius 3 is 1.65 bits per heavy atom. The van der Waals surface area contributed by atoms with Crippen LogP contribution >= 0.6 is 22.7 Å². The van der Waals surface area contributed by atoms with Crippen molar-refractivity contribution < 1.29 is 4.42 Å². The minimum Gasteiger partial charge on any atom is -0.456 e. The van der Waals surface area contributed by atoms with Gasteiger partial charge in [0.25, 0.3) is 16.7 Å². The van der Waals surface area contributed by atoms with Crippen LogP contribution in [0, 0.1) is 20.8 Å². The van der Waals surface area contributed by atoms with Gasteiger partial charge in [0.05, 0.1) is 41.6 Å². The first-order chi connectivity index (χ1) is 44.8. The molecule has 0 saturated carbocycles. The van der Waals surface area contributed by atoms with Crippen LogP contribution in [0.25, 0.3) is 85.2 Å². The van der Waals surface area contributed by atoms with E-state index in [1.165, 1.54) is 135 Å². The summed E-state index contributed by atoms with van der Waals surface area (Å²) in [5, 5.41) is 15.9. The summed E-state index contributed by atoms with van der Waals surface area (Å²) < 4.78 is 13.7. The molecule has 16 heteroatoms. The smallest absolute Gasteiger partial charge is 0.271 e. The molecule has 92 heavy (non-hydrogen) atoms. The van der Waals surface area contributed by atoms with Crippen LogP contribution in [0.1, 0.15) is 126 Å². The SMILES string of the molecule is CC.CC.CC.CC.CC.CC.CC.CN1CCCC1.Cc1ccc2[nH]ccc2c1.Cc1cccc2c1oc1ccccc12.Cc1cccc2c1sc1ccccc12.Cn1cnc2[nH]ncc2c1=O.Cn1cnc2ccccc2c1=O.Cn1cnc2ccsc2c1=O. The number of hydrogen-bond donors (Lipinski definition) is 2. The van der Waals surface area contributed by atoms with Crippen LogP contribution in [0.2, 0.25) is 0 Å².